The van der Waals surface area contributed by atoms with Crippen molar-refractivity contribution in [2.24, 2.45) is 0 Å². The van der Waals surface area contributed by atoms with Gasteiger partial charge in [0.2, 0.25) is 0 Å². The molecule has 3 aromatic heterocycles. The number of sulfone groups is 1. The van der Waals surface area contributed by atoms with Crippen LogP contribution in [0.2, 0.25) is 0 Å². The molecule has 35 heavy (non-hydrogen) atoms. The average molecular weight is 490 g/mol. The van der Waals surface area contributed by atoms with Gasteiger partial charge in [0, 0.05) is 29.3 Å². The molecule has 0 aliphatic rings. The van der Waals surface area contributed by atoms with Crippen molar-refractivity contribution in [3.05, 3.63) is 77.2 Å². The number of hydrogen-bond acceptors (Lipinski definition) is 7. The zero-order valence-electron chi connectivity index (χ0n) is 20.1. The van der Waals surface area contributed by atoms with Gasteiger partial charge in [-0.15, -0.1) is 5.10 Å². The van der Waals surface area contributed by atoms with E-state index in [2.05, 4.69) is 34.3 Å². The second kappa shape index (κ2) is 9.87. The molecular formula is C26H27N5O3S. The van der Waals surface area contributed by atoms with Gasteiger partial charge in [-0.3, -0.25) is 9.78 Å². The van der Waals surface area contributed by atoms with Crippen molar-refractivity contribution in [3.8, 4) is 11.3 Å². The maximum atomic E-state index is 12.7. The van der Waals surface area contributed by atoms with E-state index < -0.39 is 9.84 Å². The van der Waals surface area contributed by atoms with Crippen LogP contribution >= 0.6 is 0 Å². The first-order chi connectivity index (χ1) is 16.7. The standard InChI is InChI=1S/C26H27N5O3S/c1-5-17-6-7-19(13-25(17)35(4,33)34)26(32)28-15-20-14-24-22(31-30-20)9-8-21(29-24)18-10-11-27-23(12-18)16(2)3/h6-14,16H,5,15H2,1-4H3,(H,28,32). The molecular weight excluding hydrogens is 462 g/mol. The topological polar surface area (TPSA) is 115 Å². The molecule has 0 saturated carbocycles. The van der Waals surface area contributed by atoms with E-state index >= 15 is 0 Å². The van der Waals surface area contributed by atoms with Crippen molar-refractivity contribution < 1.29 is 13.2 Å². The Morgan fingerprint density at radius 3 is 2.51 bits per heavy atom. The third-order valence-corrected chi connectivity index (χ3v) is 6.88. The van der Waals surface area contributed by atoms with E-state index in [-0.39, 0.29) is 22.9 Å². The van der Waals surface area contributed by atoms with Crippen LogP contribution in [0.3, 0.4) is 0 Å². The Kier molecular flexibility index (Phi) is 6.88. The monoisotopic (exact) mass is 489 g/mol. The molecule has 180 valence electrons. The van der Waals surface area contributed by atoms with Crippen molar-refractivity contribution in [2.75, 3.05) is 6.26 Å². The predicted octanol–water partition coefficient (Wildman–Crippen LogP) is 4.11. The quantitative estimate of drug-likeness (QED) is 0.415. The summed E-state index contributed by atoms with van der Waals surface area (Å²) in [5.41, 5.74) is 5.57. The molecule has 0 unspecified atom stereocenters. The van der Waals surface area contributed by atoms with E-state index in [1.807, 2.05) is 31.2 Å². The second-order valence-corrected chi connectivity index (χ2v) is 10.7. The second-order valence-electron chi connectivity index (χ2n) is 8.69. The molecule has 9 heteroatoms. The molecule has 1 N–H and O–H groups in total. The molecule has 0 bridgehead atoms. The van der Waals surface area contributed by atoms with Gasteiger partial charge in [-0.1, -0.05) is 26.8 Å². The Labute approximate surface area is 204 Å². The van der Waals surface area contributed by atoms with Gasteiger partial charge in [0.05, 0.1) is 28.3 Å². The van der Waals surface area contributed by atoms with Gasteiger partial charge in [0.1, 0.15) is 5.52 Å². The van der Waals surface area contributed by atoms with Crippen LogP contribution in [0.1, 0.15) is 54.0 Å². The number of aromatic nitrogens is 4. The highest BCUT2D eigenvalue weighted by atomic mass is 32.2. The van der Waals surface area contributed by atoms with Crippen LogP contribution in [-0.4, -0.2) is 40.7 Å². The number of carbonyl (C=O) groups is 1. The summed E-state index contributed by atoms with van der Waals surface area (Å²) in [6, 6.07) is 14.2. The van der Waals surface area contributed by atoms with Crippen molar-refractivity contribution >= 4 is 26.8 Å². The molecule has 3 heterocycles. The van der Waals surface area contributed by atoms with Crippen molar-refractivity contribution in [1.82, 2.24) is 25.5 Å². The van der Waals surface area contributed by atoms with Gasteiger partial charge in [-0.2, -0.15) is 5.10 Å². The normalized spacial score (nSPS) is 11.7. The summed E-state index contributed by atoms with van der Waals surface area (Å²) >= 11 is 0. The third kappa shape index (κ3) is 5.51. The van der Waals surface area contributed by atoms with E-state index in [0.29, 0.717) is 34.6 Å². The van der Waals surface area contributed by atoms with Crippen LogP contribution in [0.4, 0.5) is 0 Å². The highest BCUT2D eigenvalue weighted by molar-refractivity contribution is 7.90. The minimum absolute atomic E-state index is 0.129. The molecule has 0 spiro atoms. The first kappa shape index (κ1) is 24.4. The maximum absolute atomic E-state index is 12.7. The Bertz CT molecular complexity index is 1520. The first-order valence-electron chi connectivity index (χ1n) is 11.4. The Hall–Kier alpha value is -3.72. The van der Waals surface area contributed by atoms with Gasteiger partial charge in [-0.25, -0.2) is 13.4 Å². The number of hydrogen-bond donors (Lipinski definition) is 1. The lowest BCUT2D eigenvalue weighted by molar-refractivity contribution is 0.0950. The molecule has 0 aliphatic heterocycles. The van der Waals surface area contributed by atoms with Gasteiger partial charge in [-0.05, 0) is 60.4 Å². The molecule has 0 aliphatic carbocycles. The fourth-order valence-corrected chi connectivity index (χ4v) is 4.77. The Morgan fingerprint density at radius 2 is 1.80 bits per heavy atom. The van der Waals surface area contributed by atoms with E-state index in [9.17, 15) is 13.2 Å². The summed E-state index contributed by atoms with van der Waals surface area (Å²) in [4.78, 5) is 22.0. The number of nitrogens with zero attached hydrogens (tertiary/aromatic N) is 4. The number of fused-ring (bicyclic) bond motifs is 1. The zero-order valence-corrected chi connectivity index (χ0v) is 20.9. The summed E-state index contributed by atoms with van der Waals surface area (Å²) < 4.78 is 24.2. The third-order valence-electron chi connectivity index (χ3n) is 5.70. The lowest BCUT2D eigenvalue weighted by Gasteiger charge is -2.10. The number of pyridine rings is 2. The van der Waals surface area contributed by atoms with Crippen LogP contribution < -0.4 is 5.32 Å². The van der Waals surface area contributed by atoms with E-state index in [4.69, 9.17) is 4.98 Å². The van der Waals surface area contributed by atoms with Crippen LogP contribution in [-0.2, 0) is 22.8 Å². The summed E-state index contributed by atoms with van der Waals surface area (Å²) in [7, 11) is -3.44. The smallest absolute Gasteiger partial charge is 0.251 e. The lowest BCUT2D eigenvalue weighted by Crippen LogP contribution is -2.24. The zero-order chi connectivity index (χ0) is 25.2. The van der Waals surface area contributed by atoms with Gasteiger partial charge < -0.3 is 5.32 Å². The van der Waals surface area contributed by atoms with Crippen LogP contribution in [0.15, 0.2) is 59.6 Å². The highest BCUT2D eigenvalue weighted by Gasteiger charge is 2.16. The van der Waals surface area contributed by atoms with Gasteiger partial charge in [0.25, 0.3) is 5.91 Å². The fraction of sp³-hybridized carbons (Fsp3) is 0.269. The SMILES string of the molecule is CCc1ccc(C(=O)NCc2cc3nc(-c4ccnc(C(C)C)c4)ccc3nn2)cc1S(C)(=O)=O. The predicted molar refractivity (Wildman–Crippen MR) is 135 cm³/mol. The van der Waals surface area contributed by atoms with Crippen molar-refractivity contribution in [1.29, 1.82) is 0 Å². The van der Waals surface area contributed by atoms with E-state index in [1.54, 1.807) is 24.4 Å². The minimum Gasteiger partial charge on any atom is -0.346 e. The first-order valence-corrected chi connectivity index (χ1v) is 13.3. The number of carbonyl (C=O) groups excluding carboxylic acids is 1. The van der Waals surface area contributed by atoms with Crippen molar-refractivity contribution in [3.63, 3.8) is 0 Å². The van der Waals surface area contributed by atoms with Crippen LogP contribution in [0, 0.1) is 0 Å². The molecule has 1 amide bonds. The lowest BCUT2D eigenvalue weighted by atomic mass is 10.1. The molecule has 8 nitrogen and oxygen atoms in total. The van der Waals surface area contributed by atoms with Crippen molar-refractivity contribution in [2.45, 2.75) is 44.6 Å². The fourth-order valence-electron chi connectivity index (χ4n) is 3.74. The van der Waals surface area contributed by atoms with Crippen LogP contribution in [0.5, 0.6) is 0 Å². The number of aryl methyl sites for hydroxylation is 1. The molecule has 4 rings (SSSR count). The maximum Gasteiger partial charge on any atom is 0.251 e. The molecule has 0 fully saturated rings. The van der Waals surface area contributed by atoms with Crippen LogP contribution in [0.25, 0.3) is 22.3 Å². The minimum atomic E-state index is -3.44. The van der Waals surface area contributed by atoms with Gasteiger partial charge in [0.15, 0.2) is 9.84 Å². The molecule has 4 aromatic rings. The Morgan fingerprint density at radius 1 is 1.00 bits per heavy atom. The molecule has 0 saturated heterocycles. The number of rotatable bonds is 7. The summed E-state index contributed by atoms with van der Waals surface area (Å²) in [6.45, 7) is 6.19. The van der Waals surface area contributed by atoms with Gasteiger partial charge >= 0.3 is 0 Å². The summed E-state index contributed by atoms with van der Waals surface area (Å²) in [5, 5.41) is 11.2. The average Bonchev–Trinajstić information content (AvgIpc) is 2.85. The summed E-state index contributed by atoms with van der Waals surface area (Å²) in [6.07, 6.45) is 3.49. The molecule has 0 radical (unpaired) electrons. The largest absolute Gasteiger partial charge is 0.346 e. The van der Waals surface area contributed by atoms with E-state index in [1.165, 1.54) is 6.07 Å². The number of nitrogens with one attached hydrogen (secondary N) is 1. The van der Waals surface area contributed by atoms with E-state index in [0.717, 1.165) is 23.2 Å². The molecule has 1 aromatic carbocycles. The molecule has 0 atom stereocenters. The Balaban J connectivity index is 1.55. The highest BCUT2D eigenvalue weighted by Crippen LogP contribution is 2.23. The number of amides is 1. The summed E-state index contributed by atoms with van der Waals surface area (Å²) in [5.74, 6) is -0.0812. The number of benzene rings is 1.